The first kappa shape index (κ1) is 21.2. The molecule has 12 heteroatoms. The van der Waals surface area contributed by atoms with Gasteiger partial charge in [0.05, 0.1) is 42.8 Å². The summed E-state index contributed by atoms with van der Waals surface area (Å²) in [5.74, 6) is 1.08. The number of benzene rings is 1. The number of nitrogens with one attached hydrogen (secondary N) is 3. The van der Waals surface area contributed by atoms with Crippen molar-refractivity contribution in [3.63, 3.8) is 0 Å². The van der Waals surface area contributed by atoms with Crippen LogP contribution >= 0.6 is 11.6 Å². The van der Waals surface area contributed by atoms with Gasteiger partial charge in [-0.05, 0) is 25.0 Å². The van der Waals surface area contributed by atoms with Crippen LogP contribution in [0.25, 0.3) is 5.65 Å². The molecule has 3 N–H and O–H groups in total. The highest BCUT2D eigenvalue weighted by molar-refractivity contribution is 6.34. The summed E-state index contributed by atoms with van der Waals surface area (Å²) in [5.41, 5.74) is 1.51. The van der Waals surface area contributed by atoms with Crippen LogP contribution in [0.15, 0.2) is 18.3 Å². The second-order valence-corrected chi connectivity index (χ2v) is 8.18. The molecule has 1 aliphatic carbocycles. The molecule has 33 heavy (non-hydrogen) atoms. The van der Waals surface area contributed by atoms with E-state index in [1.807, 2.05) is 0 Å². The van der Waals surface area contributed by atoms with Gasteiger partial charge in [-0.25, -0.2) is 4.98 Å². The molecule has 1 saturated carbocycles. The molecule has 0 radical (unpaired) electrons. The van der Waals surface area contributed by atoms with E-state index < -0.39 is 0 Å². The molecular formula is C21H20ClN9O2. The minimum Gasteiger partial charge on any atom is -0.490 e. The van der Waals surface area contributed by atoms with Crippen molar-refractivity contribution in [1.82, 2.24) is 24.9 Å². The lowest BCUT2D eigenvalue weighted by Crippen LogP contribution is -2.44. The highest BCUT2D eigenvalue weighted by Gasteiger charge is 2.24. The predicted molar refractivity (Wildman–Crippen MR) is 120 cm³/mol. The number of nitrogens with zero attached hydrogens (tertiary/aromatic N) is 6. The fraction of sp³-hybridized carbons (Fsp3) is 0.381. The lowest BCUT2D eigenvalue weighted by atomic mass is 10.2. The van der Waals surface area contributed by atoms with Gasteiger partial charge in [0, 0.05) is 12.6 Å². The predicted octanol–water partition coefficient (Wildman–Crippen LogP) is 2.21. The van der Waals surface area contributed by atoms with Gasteiger partial charge in [0.15, 0.2) is 17.2 Å². The Labute approximate surface area is 194 Å². The SMILES string of the molecule is N#Cc1cc(Nc2nc(NC3CC3)c3ncc(C#N)n3n2)c(Cl)c(OC[C@@H]2COCCN2)c1. The van der Waals surface area contributed by atoms with Gasteiger partial charge in [0.1, 0.15) is 23.4 Å². The average Bonchev–Trinajstić information content (AvgIpc) is 3.56. The first-order chi connectivity index (χ1) is 16.1. The summed E-state index contributed by atoms with van der Waals surface area (Å²) in [7, 11) is 0. The van der Waals surface area contributed by atoms with E-state index in [1.54, 1.807) is 12.1 Å². The topological polar surface area (TPSA) is 145 Å². The van der Waals surface area contributed by atoms with Gasteiger partial charge in [-0.3, -0.25) is 0 Å². The maximum absolute atomic E-state index is 9.49. The quantitative estimate of drug-likeness (QED) is 0.474. The number of nitriles is 2. The van der Waals surface area contributed by atoms with E-state index in [0.717, 1.165) is 19.4 Å². The smallest absolute Gasteiger partial charge is 0.247 e. The fourth-order valence-electron chi connectivity index (χ4n) is 3.42. The molecule has 5 rings (SSSR count). The zero-order valence-corrected chi connectivity index (χ0v) is 18.3. The summed E-state index contributed by atoms with van der Waals surface area (Å²) >= 11 is 6.60. The van der Waals surface area contributed by atoms with Crippen LogP contribution in [0.4, 0.5) is 17.5 Å². The molecule has 11 nitrogen and oxygen atoms in total. The molecule has 2 aliphatic rings. The van der Waals surface area contributed by atoms with E-state index in [2.05, 4.69) is 43.2 Å². The number of imidazole rings is 1. The van der Waals surface area contributed by atoms with Crippen molar-refractivity contribution >= 4 is 34.7 Å². The van der Waals surface area contributed by atoms with Gasteiger partial charge in [0.25, 0.3) is 0 Å². The number of ether oxygens (including phenoxy) is 2. The van der Waals surface area contributed by atoms with Crippen LogP contribution in [0.1, 0.15) is 24.1 Å². The Morgan fingerprint density at radius 2 is 2.18 bits per heavy atom. The minimum atomic E-state index is 0.0319. The Balaban J connectivity index is 1.45. The molecule has 1 aromatic carbocycles. The largest absolute Gasteiger partial charge is 0.490 e. The van der Waals surface area contributed by atoms with Gasteiger partial charge in [-0.15, -0.1) is 5.10 Å². The van der Waals surface area contributed by atoms with Crippen LogP contribution in [0.3, 0.4) is 0 Å². The van der Waals surface area contributed by atoms with Crippen LogP contribution in [0, 0.1) is 22.7 Å². The van der Waals surface area contributed by atoms with Crippen molar-refractivity contribution in [2.45, 2.75) is 24.9 Å². The average molecular weight is 466 g/mol. The van der Waals surface area contributed by atoms with Crippen molar-refractivity contribution in [1.29, 1.82) is 10.5 Å². The van der Waals surface area contributed by atoms with Crippen molar-refractivity contribution < 1.29 is 9.47 Å². The first-order valence-corrected chi connectivity index (χ1v) is 10.9. The number of hydrogen-bond acceptors (Lipinski definition) is 10. The van der Waals surface area contributed by atoms with Crippen LogP contribution in [0.5, 0.6) is 5.75 Å². The molecule has 0 amide bonds. The van der Waals surface area contributed by atoms with Crippen molar-refractivity contribution in [3.05, 3.63) is 34.6 Å². The second-order valence-electron chi connectivity index (χ2n) is 7.80. The molecule has 1 atom stereocenters. The van der Waals surface area contributed by atoms with E-state index >= 15 is 0 Å². The number of aromatic nitrogens is 4. The maximum Gasteiger partial charge on any atom is 0.247 e. The third kappa shape index (κ3) is 4.61. The number of halogens is 1. The summed E-state index contributed by atoms with van der Waals surface area (Å²) in [6.45, 7) is 2.30. The lowest BCUT2D eigenvalue weighted by molar-refractivity contribution is 0.0593. The Bertz CT molecular complexity index is 1270. The summed E-state index contributed by atoms with van der Waals surface area (Å²) in [6, 6.07) is 7.73. The standard InChI is InChI=1S/C21H20ClN9O2/c22-18-16(5-12(7-23)6-17(18)33-11-14-10-32-4-3-25-14)28-21-29-19(27-13-1-2-13)20-26-9-15(8-24)31(20)30-21/h5-6,9,13-14,25H,1-4,10-11H2,(H2,27,28,29,30)/t14-/m0/s1. The third-order valence-electron chi connectivity index (χ3n) is 5.25. The van der Waals surface area contributed by atoms with Crippen molar-refractivity contribution in [3.8, 4) is 17.9 Å². The number of rotatable bonds is 7. The van der Waals surface area contributed by atoms with Crippen LogP contribution in [0.2, 0.25) is 5.02 Å². The normalized spacial score (nSPS) is 17.8. The van der Waals surface area contributed by atoms with Gasteiger partial charge in [0.2, 0.25) is 5.95 Å². The van der Waals surface area contributed by atoms with E-state index in [9.17, 15) is 10.5 Å². The van der Waals surface area contributed by atoms with Gasteiger partial charge >= 0.3 is 0 Å². The molecule has 0 unspecified atom stereocenters. The van der Waals surface area contributed by atoms with Crippen LogP contribution < -0.4 is 20.7 Å². The van der Waals surface area contributed by atoms with E-state index in [1.165, 1.54) is 10.7 Å². The van der Waals surface area contributed by atoms with Gasteiger partial charge < -0.3 is 25.4 Å². The molecule has 0 spiro atoms. The molecule has 3 aromatic rings. The third-order valence-corrected chi connectivity index (χ3v) is 5.64. The molecule has 0 bridgehead atoms. The molecule has 3 heterocycles. The molecule has 2 aromatic heterocycles. The zero-order chi connectivity index (χ0) is 22.8. The Morgan fingerprint density at radius 3 is 2.91 bits per heavy atom. The minimum absolute atomic E-state index is 0.0319. The van der Waals surface area contributed by atoms with Gasteiger partial charge in [-0.1, -0.05) is 11.6 Å². The van der Waals surface area contributed by atoms with Crippen LogP contribution in [-0.4, -0.2) is 58.0 Å². The van der Waals surface area contributed by atoms with E-state index in [-0.39, 0.29) is 22.7 Å². The monoisotopic (exact) mass is 465 g/mol. The van der Waals surface area contributed by atoms with Crippen molar-refractivity contribution in [2.24, 2.45) is 0 Å². The molecule has 168 valence electrons. The molecule has 1 aliphatic heterocycles. The molecule has 1 saturated heterocycles. The number of morpholine rings is 1. The number of fused-ring (bicyclic) bond motifs is 1. The molecular weight excluding hydrogens is 446 g/mol. The summed E-state index contributed by atoms with van der Waals surface area (Å²) in [4.78, 5) is 8.80. The second kappa shape index (κ2) is 9.08. The van der Waals surface area contributed by atoms with Crippen LogP contribution in [-0.2, 0) is 4.74 Å². The van der Waals surface area contributed by atoms with E-state index in [0.29, 0.717) is 54.3 Å². The Kier molecular flexibility index (Phi) is 5.84. The maximum atomic E-state index is 9.49. The van der Waals surface area contributed by atoms with Gasteiger partial charge in [-0.2, -0.15) is 20.0 Å². The Morgan fingerprint density at radius 1 is 1.30 bits per heavy atom. The molecule has 2 fully saturated rings. The lowest BCUT2D eigenvalue weighted by Gasteiger charge is -2.24. The number of hydrogen-bond donors (Lipinski definition) is 3. The summed E-state index contributed by atoms with van der Waals surface area (Å²) < 4.78 is 12.8. The van der Waals surface area contributed by atoms with Crippen molar-refractivity contribution in [2.75, 3.05) is 37.0 Å². The zero-order valence-electron chi connectivity index (χ0n) is 17.5. The van der Waals surface area contributed by atoms with E-state index in [4.69, 9.17) is 21.1 Å². The highest BCUT2D eigenvalue weighted by Crippen LogP contribution is 2.35. The Hall–Kier alpha value is -3.64. The summed E-state index contributed by atoms with van der Waals surface area (Å²) in [5, 5.41) is 33.3. The summed E-state index contributed by atoms with van der Waals surface area (Å²) in [6.07, 6.45) is 3.54. The fourth-order valence-corrected chi connectivity index (χ4v) is 3.64. The first-order valence-electron chi connectivity index (χ1n) is 10.5. The number of anilines is 3. The highest BCUT2D eigenvalue weighted by atomic mass is 35.5.